The Labute approximate surface area is 562 Å². The van der Waals surface area contributed by atoms with E-state index in [4.69, 9.17) is 18.9 Å². The van der Waals surface area contributed by atoms with Crippen LogP contribution in [0.25, 0.3) is 0 Å². The van der Waals surface area contributed by atoms with Crippen LogP contribution in [0.3, 0.4) is 0 Å². The summed E-state index contributed by atoms with van der Waals surface area (Å²) in [6.45, 7) is 4.56. The summed E-state index contributed by atoms with van der Waals surface area (Å²) in [4.78, 5) is 37.6. The van der Waals surface area contributed by atoms with Crippen molar-refractivity contribution in [3.05, 3.63) is 97.2 Å². The zero-order valence-electron chi connectivity index (χ0n) is 60.2. The number of likely N-dealkylation sites (N-methyl/N-ethyl adjacent to an activating group) is 1. The van der Waals surface area contributed by atoms with Gasteiger partial charge >= 0.3 is 11.9 Å². The van der Waals surface area contributed by atoms with Crippen molar-refractivity contribution >= 4 is 17.9 Å². The van der Waals surface area contributed by atoms with Gasteiger partial charge in [-0.15, -0.1) is 0 Å². The van der Waals surface area contributed by atoms with Gasteiger partial charge in [0.25, 0.3) is 0 Å². The molecule has 526 valence electrons. The average Bonchev–Trinajstić information content (AvgIpc) is 3.53. The van der Waals surface area contributed by atoms with Crippen LogP contribution in [0.15, 0.2) is 97.2 Å². The lowest BCUT2D eigenvalue weighted by Crippen LogP contribution is -2.44. The SMILES string of the molecule is CC/C=C\C/C=C\C/C=C\C/C=C\CCCCCCCCCCCCCCCCCCCCCCCCCCCCCCC(=O)OC(COC(=O)CCCCCCCCCCCCCC/C=C\C/C=C\C/C=C\C/C=C\CC)COC(OCC[N+](C)(C)C)C(=O)[O-]. The number of hydrogen-bond donors (Lipinski definition) is 0. The van der Waals surface area contributed by atoms with Gasteiger partial charge < -0.3 is 33.3 Å². The molecule has 0 aromatic heterocycles. The molecule has 0 spiro atoms. The van der Waals surface area contributed by atoms with E-state index in [0.717, 1.165) is 83.5 Å². The van der Waals surface area contributed by atoms with Crippen molar-refractivity contribution < 1.29 is 42.9 Å². The molecule has 0 bridgehead atoms. The molecular formula is C82H145NO8. The Kier molecular flexibility index (Phi) is 69.0. The Bertz CT molecular complexity index is 1820. The van der Waals surface area contributed by atoms with Crippen LogP contribution in [0, 0.1) is 0 Å². The molecule has 2 unspecified atom stereocenters. The van der Waals surface area contributed by atoms with Crippen molar-refractivity contribution in [1.29, 1.82) is 0 Å². The van der Waals surface area contributed by atoms with E-state index in [0.29, 0.717) is 17.4 Å². The van der Waals surface area contributed by atoms with Crippen LogP contribution in [-0.2, 0) is 33.3 Å². The number of unbranched alkanes of at least 4 members (excludes halogenated alkanes) is 40. The zero-order chi connectivity index (χ0) is 66.1. The van der Waals surface area contributed by atoms with Gasteiger partial charge in [-0.1, -0.05) is 342 Å². The van der Waals surface area contributed by atoms with E-state index in [1.165, 1.54) is 231 Å². The summed E-state index contributed by atoms with van der Waals surface area (Å²) in [6, 6.07) is 0. The molecule has 0 rings (SSSR count). The van der Waals surface area contributed by atoms with Crippen molar-refractivity contribution in [3.63, 3.8) is 0 Å². The lowest BCUT2D eigenvalue weighted by atomic mass is 10.0. The molecular weight excluding hydrogens is 1130 g/mol. The molecule has 9 nitrogen and oxygen atoms in total. The monoisotopic (exact) mass is 1270 g/mol. The Morgan fingerprint density at radius 2 is 0.593 bits per heavy atom. The van der Waals surface area contributed by atoms with Crippen LogP contribution in [-0.4, -0.2) is 82.3 Å². The van der Waals surface area contributed by atoms with Crippen molar-refractivity contribution in [2.75, 3.05) is 47.5 Å². The van der Waals surface area contributed by atoms with Gasteiger partial charge in [-0.2, -0.15) is 0 Å². The van der Waals surface area contributed by atoms with Crippen molar-refractivity contribution in [3.8, 4) is 0 Å². The minimum Gasteiger partial charge on any atom is -0.545 e. The first kappa shape index (κ1) is 87.2. The fourth-order valence-corrected chi connectivity index (χ4v) is 11.1. The van der Waals surface area contributed by atoms with Gasteiger partial charge in [0.05, 0.1) is 40.3 Å². The van der Waals surface area contributed by atoms with Gasteiger partial charge in [-0.25, -0.2) is 0 Å². The van der Waals surface area contributed by atoms with E-state index in [2.05, 4.69) is 111 Å². The van der Waals surface area contributed by atoms with Crippen LogP contribution in [0.2, 0.25) is 0 Å². The van der Waals surface area contributed by atoms with Crippen molar-refractivity contribution in [1.82, 2.24) is 0 Å². The van der Waals surface area contributed by atoms with Crippen LogP contribution in [0.1, 0.15) is 348 Å². The summed E-state index contributed by atoms with van der Waals surface area (Å²) in [7, 11) is 5.94. The third-order valence-corrected chi connectivity index (χ3v) is 16.8. The van der Waals surface area contributed by atoms with E-state index in [1.807, 2.05) is 21.1 Å². The molecule has 0 heterocycles. The van der Waals surface area contributed by atoms with E-state index in [-0.39, 0.29) is 38.6 Å². The number of carbonyl (C=O) groups excluding carboxylic acids is 3. The number of quaternary nitrogens is 1. The molecule has 91 heavy (non-hydrogen) atoms. The molecule has 0 aromatic rings. The van der Waals surface area contributed by atoms with Gasteiger partial charge in [0.15, 0.2) is 12.4 Å². The van der Waals surface area contributed by atoms with Crippen LogP contribution in [0.5, 0.6) is 0 Å². The first-order valence-electron chi connectivity index (χ1n) is 38.4. The van der Waals surface area contributed by atoms with Crippen molar-refractivity contribution in [2.45, 2.75) is 360 Å². The van der Waals surface area contributed by atoms with Gasteiger partial charge in [-0.05, 0) is 89.9 Å². The maximum Gasteiger partial charge on any atom is 0.306 e. The van der Waals surface area contributed by atoms with E-state index >= 15 is 0 Å². The summed E-state index contributed by atoms with van der Waals surface area (Å²) in [6.07, 6.45) is 96.7. The van der Waals surface area contributed by atoms with Gasteiger partial charge in [0.1, 0.15) is 13.2 Å². The van der Waals surface area contributed by atoms with Crippen LogP contribution in [0.4, 0.5) is 0 Å². The highest BCUT2D eigenvalue weighted by atomic mass is 16.7. The molecule has 0 saturated heterocycles. The lowest BCUT2D eigenvalue weighted by Gasteiger charge is -2.26. The number of esters is 2. The Hall–Kier alpha value is -3.79. The molecule has 0 aliphatic heterocycles. The van der Waals surface area contributed by atoms with Crippen LogP contribution >= 0.6 is 0 Å². The number of allylic oxidation sites excluding steroid dienone is 16. The topological polar surface area (TPSA) is 111 Å². The molecule has 0 aliphatic rings. The molecule has 0 aromatic carbocycles. The first-order valence-corrected chi connectivity index (χ1v) is 38.4. The Balaban J connectivity index is 3.97. The lowest BCUT2D eigenvalue weighted by molar-refractivity contribution is -0.870. The number of carboxylic acids is 1. The number of hydrogen-bond acceptors (Lipinski definition) is 8. The summed E-state index contributed by atoms with van der Waals surface area (Å²) in [5, 5.41) is 11.8. The Morgan fingerprint density at radius 3 is 0.879 bits per heavy atom. The molecule has 0 amide bonds. The number of aliphatic carboxylic acids is 1. The summed E-state index contributed by atoms with van der Waals surface area (Å²) >= 11 is 0. The van der Waals surface area contributed by atoms with Gasteiger partial charge in [0, 0.05) is 12.8 Å². The molecule has 0 fully saturated rings. The molecule has 0 aliphatic carbocycles. The summed E-state index contributed by atoms with van der Waals surface area (Å²) in [5.41, 5.74) is 0. The number of ether oxygens (including phenoxy) is 4. The molecule has 2 atom stereocenters. The normalized spacial score (nSPS) is 13.2. The molecule has 9 heteroatoms. The maximum atomic E-state index is 13.0. The minimum absolute atomic E-state index is 0.147. The van der Waals surface area contributed by atoms with Crippen molar-refractivity contribution in [2.24, 2.45) is 0 Å². The predicted octanol–water partition coefficient (Wildman–Crippen LogP) is 23.0. The van der Waals surface area contributed by atoms with E-state index in [9.17, 15) is 19.5 Å². The predicted molar refractivity (Wildman–Crippen MR) is 389 cm³/mol. The number of carbonyl (C=O) groups is 3. The first-order chi connectivity index (χ1) is 44.6. The highest BCUT2D eigenvalue weighted by molar-refractivity contribution is 5.70. The van der Waals surface area contributed by atoms with Crippen LogP contribution < -0.4 is 5.11 Å². The summed E-state index contributed by atoms with van der Waals surface area (Å²) in [5.74, 6) is -2.27. The van der Waals surface area contributed by atoms with Gasteiger partial charge in [-0.3, -0.25) is 9.59 Å². The smallest absolute Gasteiger partial charge is 0.306 e. The number of nitrogens with zero attached hydrogens (tertiary/aromatic N) is 1. The standard InChI is InChI=1S/C82H145NO8/c1-6-8-10-12-14-16-18-20-22-24-26-28-30-32-33-34-35-36-37-38-39-40-41-42-43-44-45-46-47-49-51-53-55-57-59-61-63-65-67-69-71-73-80(85)91-78(77-90-82(81(86)87)88-75-74-83(3,4)5)76-89-79(84)72-70-68-66-64-62-60-58-56-54-52-50-48-31-29-27-25-23-21-19-17-15-13-11-9-7-2/h8-11,14-17,20-23,26-29,78,82H,6-7,12-13,18-19,24-25,30-77H2,1-5H3/b10-8-,11-9-,16-14-,17-15-,22-20-,23-21-,28-26-,29-27-. The second-order valence-corrected chi connectivity index (χ2v) is 26.9. The average molecular weight is 1270 g/mol. The molecule has 0 radical (unpaired) electrons. The third kappa shape index (κ3) is 73.5. The highest BCUT2D eigenvalue weighted by Crippen LogP contribution is 2.19. The number of carboxylic acid groups (broad SMARTS) is 1. The fourth-order valence-electron chi connectivity index (χ4n) is 11.1. The summed E-state index contributed by atoms with van der Waals surface area (Å²) < 4.78 is 22.8. The second-order valence-electron chi connectivity index (χ2n) is 26.9. The second kappa shape index (κ2) is 72.0. The molecule has 0 saturated carbocycles. The minimum atomic E-state index is -1.62. The Morgan fingerprint density at radius 1 is 0.330 bits per heavy atom. The van der Waals surface area contributed by atoms with E-state index in [1.54, 1.807) is 0 Å². The third-order valence-electron chi connectivity index (χ3n) is 16.8. The fraction of sp³-hybridized carbons (Fsp3) is 0.768. The zero-order valence-corrected chi connectivity index (χ0v) is 60.2. The number of rotatable bonds is 71. The van der Waals surface area contributed by atoms with Gasteiger partial charge in [0.2, 0.25) is 0 Å². The quantitative estimate of drug-likeness (QED) is 0.0195. The largest absolute Gasteiger partial charge is 0.545 e. The maximum absolute atomic E-state index is 13.0. The van der Waals surface area contributed by atoms with E-state index < -0.39 is 24.3 Å². The molecule has 0 N–H and O–H groups in total. The highest BCUT2D eigenvalue weighted by Gasteiger charge is 2.22.